The first-order valence-electron chi connectivity index (χ1n) is 5.17. The molecule has 1 radical (unpaired) electrons. The van der Waals surface area contributed by atoms with Crippen LogP contribution >= 0.6 is 0 Å². The second kappa shape index (κ2) is 4.45. The van der Waals surface area contributed by atoms with Gasteiger partial charge in [-0.3, -0.25) is 10.1 Å². The van der Waals surface area contributed by atoms with Gasteiger partial charge in [0.1, 0.15) is 12.7 Å². The number of ether oxygens (including phenoxy) is 2. The predicted molar refractivity (Wildman–Crippen MR) is 62.3 cm³/mol. The molecule has 0 fully saturated rings. The van der Waals surface area contributed by atoms with E-state index in [0.717, 1.165) is 0 Å². The molecule has 0 saturated heterocycles. The molecule has 0 saturated carbocycles. The lowest BCUT2D eigenvalue weighted by Gasteiger charge is -2.25. The molecule has 1 aromatic rings. The summed E-state index contributed by atoms with van der Waals surface area (Å²) in [5.74, 6) is 0.928. The van der Waals surface area contributed by atoms with E-state index in [1.165, 1.54) is 6.07 Å². The van der Waals surface area contributed by atoms with E-state index in [1.807, 2.05) is 0 Å². The Hall–Kier alpha value is -2.04. The summed E-state index contributed by atoms with van der Waals surface area (Å²) in [6.45, 7) is 7.66. The molecule has 0 amide bonds. The van der Waals surface area contributed by atoms with Gasteiger partial charge in [0.05, 0.1) is 10.5 Å². The standard InChI is InChI=1S/C12H12NO4/c1-3-4-9-10(13(14)15)5-6-11-12(9)17-8(2)7-16-11/h3,5-6,8H,1-2,4,7H2/t8-/m1/s1. The molecule has 0 aliphatic carbocycles. The number of hydrogen-bond acceptors (Lipinski definition) is 4. The van der Waals surface area contributed by atoms with E-state index in [9.17, 15) is 10.1 Å². The number of nitro groups is 1. The van der Waals surface area contributed by atoms with Gasteiger partial charge in [-0.2, -0.15) is 0 Å². The maximum absolute atomic E-state index is 10.9. The molecule has 1 heterocycles. The molecule has 2 rings (SSSR count). The molecule has 1 aliphatic heterocycles. The third-order valence-electron chi connectivity index (χ3n) is 2.45. The summed E-state index contributed by atoms with van der Waals surface area (Å²) in [4.78, 5) is 10.5. The maximum Gasteiger partial charge on any atom is 0.276 e. The third kappa shape index (κ3) is 2.08. The average Bonchev–Trinajstić information content (AvgIpc) is 2.29. The topological polar surface area (TPSA) is 61.6 Å². The van der Waals surface area contributed by atoms with Crippen LogP contribution in [-0.2, 0) is 6.42 Å². The van der Waals surface area contributed by atoms with Crippen LogP contribution in [0.4, 0.5) is 5.69 Å². The lowest BCUT2D eigenvalue weighted by molar-refractivity contribution is -0.385. The largest absolute Gasteiger partial charge is 0.486 e. The summed E-state index contributed by atoms with van der Waals surface area (Å²) in [5, 5.41) is 10.9. The zero-order valence-electron chi connectivity index (χ0n) is 9.22. The van der Waals surface area contributed by atoms with Gasteiger partial charge in [0.25, 0.3) is 5.69 Å². The Labute approximate surface area is 98.8 Å². The van der Waals surface area contributed by atoms with Crippen molar-refractivity contribution in [2.75, 3.05) is 6.61 Å². The van der Waals surface area contributed by atoms with Crippen LogP contribution in [0.3, 0.4) is 0 Å². The van der Waals surface area contributed by atoms with Crippen molar-refractivity contribution in [2.24, 2.45) is 0 Å². The molecule has 5 nitrogen and oxygen atoms in total. The SMILES string of the molecule is [CH2][C@@H]1COc2ccc([N+](=O)[O-])c(CC=C)c2O1. The van der Waals surface area contributed by atoms with E-state index >= 15 is 0 Å². The minimum Gasteiger partial charge on any atom is -0.486 e. The zero-order valence-corrected chi connectivity index (χ0v) is 9.22. The van der Waals surface area contributed by atoms with E-state index in [0.29, 0.717) is 30.1 Å². The van der Waals surface area contributed by atoms with Gasteiger partial charge in [-0.1, -0.05) is 6.08 Å². The van der Waals surface area contributed by atoms with Crippen molar-refractivity contribution in [3.05, 3.63) is 47.4 Å². The molecule has 0 bridgehead atoms. The Kier molecular flexibility index (Phi) is 2.99. The Morgan fingerprint density at radius 2 is 2.35 bits per heavy atom. The predicted octanol–water partition coefficient (Wildman–Crippen LogP) is 2.30. The van der Waals surface area contributed by atoms with Crippen LogP contribution in [0.5, 0.6) is 11.5 Å². The number of nitrogens with zero attached hydrogens (tertiary/aromatic N) is 1. The van der Waals surface area contributed by atoms with Crippen LogP contribution in [0.15, 0.2) is 24.8 Å². The third-order valence-corrected chi connectivity index (χ3v) is 2.45. The van der Waals surface area contributed by atoms with Gasteiger partial charge < -0.3 is 9.47 Å². The fourth-order valence-electron chi connectivity index (χ4n) is 1.73. The number of allylic oxidation sites excluding steroid dienone is 1. The van der Waals surface area contributed by atoms with Gasteiger partial charge in [0.2, 0.25) is 0 Å². The highest BCUT2D eigenvalue weighted by Crippen LogP contribution is 2.40. The van der Waals surface area contributed by atoms with Gasteiger partial charge in [0.15, 0.2) is 11.5 Å². The Morgan fingerprint density at radius 3 is 3.00 bits per heavy atom. The van der Waals surface area contributed by atoms with Crippen LogP contribution in [0.1, 0.15) is 5.56 Å². The molecule has 1 aliphatic rings. The summed E-state index contributed by atoms with van der Waals surface area (Å²) >= 11 is 0. The van der Waals surface area contributed by atoms with Crippen LogP contribution in [-0.4, -0.2) is 17.6 Å². The lowest BCUT2D eigenvalue weighted by Crippen LogP contribution is -2.27. The molecule has 0 N–H and O–H groups in total. The summed E-state index contributed by atoms with van der Waals surface area (Å²) in [6, 6.07) is 2.97. The number of rotatable bonds is 3. The first-order valence-corrected chi connectivity index (χ1v) is 5.17. The molecule has 1 aromatic carbocycles. The highest BCUT2D eigenvalue weighted by atomic mass is 16.6. The number of benzene rings is 1. The average molecular weight is 234 g/mol. The highest BCUT2D eigenvalue weighted by Gasteiger charge is 2.26. The van der Waals surface area contributed by atoms with Gasteiger partial charge in [0, 0.05) is 12.5 Å². The number of nitro benzene ring substituents is 1. The van der Waals surface area contributed by atoms with Crippen LogP contribution in [0.25, 0.3) is 0 Å². The van der Waals surface area contributed by atoms with Gasteiger partial charge >= 0.3 is 0 Å². The van der Waals surface area contributed by atoms with Gasteiger partial charge in [-0.15, -0.1) is 6.58 Å². The van der Waals surface area contributed by atoms with Gasteiger partial charge in [-0.05, 0) is 13.0 Å². The highest BCUT2D eigenvalue weighted by molar-refractivity contribution is 5.58. The van der Waals surface area contributed by atoms with Crippen molar-refractivity contribution in [1.82, 2.24) is 0 Å². The number of hydrogen-bond donors (Lipinski definition) is 0. The Morgan fingerprint density at radius 1 is 1.59 bits per heavy atom. The second-order valence-corrected chi connectivity index (χ2v) is 3.69. The van der Waals surface area contributed by atoms with Crippen molar-refractivity contribution < 1.29 is 14.4 Å². The fourth-order valence-corrected chi connectivity index (χ4v) is 1.73. The minimum absolute atomic E-state index is 0.0151. The van der Waals surface area contributed by atoms with Crippen LogP contribution < -0.4 is 9.47 Å². The minimum atomic E-state index is -0.435. The summed E-state index contributed by atoms with van der Waals surface area (Å²) in [5.41, 5.74) is 0.497. The van der Waals surface area contributed by atoms with E-state index in [1.54, 1.807) is 12.1 Å². The zero-order chi connectivity index (χ0) is 12.4. The molecular formula is C12H12NO4. The van der Waals surface area contributed by atoms with Gasteiger partial charge in [-0.25, -0.2) is 0 Å². The summed E-state index contributed by atoms with van der Waals surface area (Å²) in [6.07, 6.45) is 1.60. The van der Waals surface area contributed by atoms with E-state index in [-0.39, 0.29) is 11.8 Å². The fraction of sp³-hybridized carbons (Fsp3) is 0.250. The Bertz CT molecular complexity index is 470. The molecule has 17 heavy (non-hydrogen) atoms. The molecule has 1 atom stereocenters. The number of fused-ring (bicyclic) bond motifs is 1. The lowest BCUT2D eigenvalue weighted by atomic mass is 10.1. The van der Waals surface area contributed by atoms with E-state index < -0.39 is 4.92 Å². The summed E-state index contributed by atoms with van der Waals surface area (Å²) in [7, 11) is 0. The molecule has 0 unspecified atom stereocenters. The monoisotopic (exact) mass is 234 g/mol. The first-order chi connectivity index (χ1) is 8.13. The molecule has 0 spiro atoms. The second-order valence-electron chi connectivity index (χ2n) is 3.69. The maximum atomic E-state index is 10.9. The van der Waals surface area contributed by atoms with Crippen molar-refractivity contribution >= 4 is 5.69 Å². The molecule has 89 valence electrons. The van der Waals surface area contributed by atoms with E-state index in [4.69, 9.17) is 9.47 Å². The molecule has 0 aromatic heterocycles. The Balaban J connectivity index is 2.55. The van der Waals surface area contributed by atoms with Crippen LogP contribution in [0, 0.1) is 17.0 Å². The quantitative estimate of drug-likeness (QED) is 0.457. The van der Waals surface area contributed by atoms with Crippen molar-refractivity contribution in [2.45, 2.75) is 12.5 Å². The van der Waals surface area contributed by atoms with Crippen molar-refractivity contribution in [3.8, 4) is 11.5 Å². The molecular weight excluding hydrogens is 222 g/mol. The summed E-state index contributed by atoms with van der Waals surface area (Å²) < 4.78 is 10.9. The molecule has 5 heteroatoms. The first kappa shape index (κ1) is 11.4. The van der Waals surface area contributed by atoms with Crippen molar-refractivity contribution in [3.63, 3.8) is 0 Å². The smallest absolute Gasteiger partial charge is 0.276 e. The normalized spacial score (nSPS) is 17.6. The van der Waals surface area contributed by atoms with E-state index in [2.05, 4.69) is 13.5 Å². The van der Waals surface area contributed by atoms with Crippen molar-refractivity contribution in [1.29, 1.82) is 0 Å². The van der Waals surface area contributed by atoms with Crippen LogP contribution in [0.2, 0.25) is 0 Å².